The molecular weight excluding hydrogens is 266 g/mol. The van der Waals surface area contributed by atoms with E-state index in [2.05, 4.69) is 15.3 Å². The van der Waals surface area contributed by atoms with Gasteiger partial charge in [0.25, 0.3) is 5.91 Å². The maximum Gasteiger partial charge on any atom is 0.251 e. The molecule has 1 aliphatic heterocycles. The summed E-state index contributed by atoms with van der Waals surface area (Å²) in [5.41, 5.74) is 2.76. The Hall–Kier alpha value is -1.88. The zero-order chi connectivity index (χ0) is 14.3. The predicted molar refractivity (Wildman–Crippen MR) is 79.1 cm³/mol. The van der Waals surface area contributed by atoms with Crippen LogP contribution < -0.4 is 5.32 Å². The van der Waals surface area contributed by atoms with Crippen molar-refractivity contribution in [3.63, 3.8) is 0 Å². The van der Waals surface area contributed by atoms with Gasteiger partial charge in [-0.15, -0.1) is 0 Å². The Kier molecular flexibility index (Phi) is 2.96. The standard InChI is InChI=1S/C16H19N3O2/c20-15(11-1-2-12-13(9-11)18-10-17-12)19-14-3-4-16(14)5-7-21-8-6-16/h1-2,9-10,14H,3-8H2,(H,17,18)(H,19,20). The van der Waals surface area contributed by atoms with E-state index in [1.165, 1.54) is 6.42 Å². The molecule has 2 aliphatic rings. The van der Waals surface area contributed by atoms with Gasteiger partial charge in [-0.1, -0.05) is 0 Å². The second-order valence-corrected chi connectivity index (χ2v) is 6.17. The van der Waals surface area contributed by atoms with E-state index in [-0.39, 0.29) is 11.3 Å². The maximum absolute atomic E-state index is 12.5. The minimum Gasteiger partial charge on any atom is -0.381 e. The number of aromatic amines is 1. The smallest absolute Gasteiger partial charge is 0.251 e. The molecule has 4 rings (SSSR count). The number of rotatable bonds is 2. The molecule has 1 atom stereocenters. The lowest BCUT2D eigenvalue weighted by Crippen LogP contribution is -2.57. The van der Waals surface area contributed by atoms with Crippen molar-refractivity contribution in [1.82, 2.24) is 15.3 Å². The Morgan fingerprint density at radius 2 is 2.19 bits per heavy atom. The lowest BCUT2D eigenvalue weighted by molar-refractivity contribution is -0.0523. The Bertz CT molecular complexity index is 673. The van der Waals surface area contributed by atoms with E-state index < -0.39 is 0 Å². The highest BCUT2D eigenvalue weighted by molar-refractivity contribution is 5.97. The summed E-state index contributed by atoms with van der Waals surface area (Å²) in [5.74, 6) is 0.0158. The number of H-pyrrole nitrogens is 1. The summed E-state index contributed by atoms with van der Waals surface area (Å²) >= 11 is 0. The summed E-state index contributed by atoms with van der Waals surface area (Å²) < 4.78 is 5.45. The van der Waals surface area contributed by atoms with Crippen LogP contribution in [0.25, 0.3) is 11.0 Å². The van der Waals surface area contributed by atoms with Gasteiger partial charge in [0, 0.05) is 24.8 Å². The van der Waals surface area contributed by atoms with Gasteiger partial charge in [-0.05, 0) is 49.3 Å². The van der Waals surface area contributed by atoms with Gasteiger partial charge in [0.15, 0.2) is 0 Å². The molecule has 2 N–H and O–H groups in total. The van der Waals surface area contributed by atoms with E-state index in [1.807, 2.05) is 18.2 Å². The van der Waals surface area contributed by atoms with E-state index >= 15 is 0 Å². The molecule has 1 spiro atoms. The van der Waals surface area contributed by atoms with Crippen molar-refractivity contribution in [3.8, 4) is 0 Å². The number of ether oxygens (including phenoxy) is 1. The molecule has 1 saturated heterocycles. The molecule has 1 aromatic heterocycles. The first kappa shape index (κ1) is 12.8. The molecule has 5 heteroatoms. The van der Waals surface area contributed by atoms with Crippen molar-refractivity contribution in [1.29, 1.82) is 0 Å². The van der Waals surface area contributed by atoms with Gasteiger partial charge >= 0.3 is 0 Å². The molecule has 2 fully saturated rings. The number of hydrogen-bond acceptors (Lipinski definition) is 3. The van der Waals surface area contributed by atoms with E-state index in [0.717, 1.165) is 43.5 Å². The minimum atomic E-state index is 0.0158. The molecule has 1 aromatic carbocycles. The van der Waals surface area contributed by atoms with Crippen LogP contribution in [-0.2, 0) is 4.74 Å². The van der Waals surface area contributed by atoms with Gasteiger partial charge in [-0.2, -0.15) is 0 Å². The van der Waals surface area contributed by atoms with Crippen molar-refractivity contribution in [2.75, 3.05) is 13.2 Å². The highest BCUT2D eigenvalue weighted by Crippen LogP contribution is 2.48. The number of amides is 1. The fraction of sp³-hybridized carbons (Fsp3) is 0.500. The van der Waals surface area contributed by atoms with Crippen LogP contribution in [0.1, 0.15) is 36.0 Å². The van der Waals surface area contributed by atoms with Crippen molar-refractivity contribution >= 4 is 16.9 Å². The molecule has 110 valence electrons. The van der Waals surface area contributed by atoms with Crippen LogP contribution in [0.2, 0.25) is 0 Å². The summed E-state index contributed by atoms with van der Waals surface area (Å²) in [7, 11) is 0. The zero-order valence-electron chi connectivity index (χ0n) is 11.9. The Morgan fingerprint density at radius 3 is 2.95 bits per heavy atom. The van der Waals surface area contributed by atoms with Gasteiger partial charge in [0.05, 0.1) is 17.4 Å². The predicted octanol–water partition coefficient (Wildman–Crippen LogP) is 2.25. The molecule has 1 saturated carbocycles. The normalized spacial score (nSPS) is 23.9. The molecule has 1 amide bonds. The van der Waals surface area contributed by atoms with E-state index in [4.69, 9.17) is 4.74 Å². The van der Waals surface area contributed by atoms with Gasteiger partial charge in [-0.3, -0.25) is 4.79 Å². The van der Waals surface area contributed by atoms with Gasteiger partial charge in [0.2, 0.25) is 0 Å². The molecule has 0 bridgehead atoms. The summed E-state index contributed by atoms with van der Waals surface area (Å²) in [6, 6.07) is 5.89. The Morgan fingerprint density at radius 1 is 1.33 bits per heavy atom. The third-order valence-corrected chi connectivity index (χ3v) is 5.15. The summed E-state index contributed by atoms with van der Waals surface area (Å²) in [6.45, 7) is 1.65. The first-order valence-electron chi connectivity index (χ1n) is 7.59. The third kappa shape index (κ3) is 2.12. The van der Waals surface area contributed by atoms with Gasteiger partial charge < -0.3 is 15.0 Å². The lowest BCUT2D eigenvalue weighted by atomic mass is 9.60. The number of aromatic nitrogens is 2. The number of imidazole rings is 1. The van der Waals surface area contributed by atoms with Crippen LogP contribution in [0, 0.1) is 5.41 Å². The largest absolute Gasteiger partial charge is 0.381 e. The van der Waals surface area contributed by atoms with Crippen molar-refractivity contribution in [2.24, 2.45) is 5.41 Å². The van der Waals surface area contributed by atoms with Crippen LogP contribution in [0.5, 0.6) is 0 Å². The molecule has 2 heterocycles. The number of carbonyl (C=O) groups is 1. The molecule has 0 radical (unpaired) electrons. The maximum atomic E-state index is 12.5. The first-order chi connectivity index (χ1) is 10.3. The number of nitrogens with one attached hydrogen (secondary N) is 2. The van der Waals surface area contributed by atoms with E-state index in [1.54, 1.807) is 6.33 Å². The number of fused-ring (bicyclic) bond motifs is 1. The Balaban J connectivity index is 1.50. The van der Waals surface area contributed by atoms with Crippen LogP contribution in [0.15, 0.2) is 24.5 Å². The SMILES string of the molecule is O=C(NC1CCC12CCOCC2)c1ccc2nc[nH]c2c1. The number of hydrogen-bond donors (Lipinski definition) is 2. The minimum absolute atomic E-state index is 0.0158. The average molecular weight is 285 g/mol. The fourth-order valence-electron chi connectivity index (χ4n) is 3.62. The third-order valence-electron chi connectivity index (χ3n) is 5.15. The van der Waals surface area contributed by atoms with E-state index in [9.17, 15) is 4.79 Å². The highest BCUT2D eigenvalue weighted by Gasteiger charge is 2.47. The summed E-state index contributed by atoms with van der Waals surface area (Å²) in [4.78, 5) is 19.7. The van der Waals surface area contributed by atoms with Gasteiger partial charge in [0.1, 0.15) is 0 Å². The fourth-order valence-corrected chi connectivity index (χ4v) is 3.62. The Labute approximate surface area is 123 Å². The molecule has 2 aromatic rings. The molecule has 21 heavy (non-hydrogen) atoms. The second-order valence-electron chi connectivity index (χ2n) is 6.17. The van der Waals surface area contributed by atoms with E-state index in [0.29, 0.717) is 11.6 Å². The second kappa shape index (κ2) is 4.84. The number of benzene rings is 1. The monoisotopic (exact) mass is 285 g/mol. The van der Waals surface area contributed by atoms with Crippen LogP contribution in [-0.4, -0.2) is 35.1 Å². The van der Waals surface area contributed by atoms with Crippen LogP contribution >= 0.6 is 0 Å². The first-order valence-corrected chi connectivity index (χ1v) is 7.59. The van der Waals surface area contributed by atoms with Crippen molar-refractivity contribution in [3.05, 3.63) is 30.1 Å². The summed E-state index contributed by atoms with van der Waals surface area (Å²) in [6.07, 6.45) is 6.07. The number of nitrogens with zero attached hydrogens (tertiary/aromatic N) is 1. The molecule has 1 aliphatic carbocycles. The van der Waals surface area contributed by atoms with Crippen LogP contribution in [0.4, 0.5) is 0 Å². The molecule has 5 nitrogen and oxygen atoms in total. The van der Waals surface area contributed by atoms with Gasteiger partial charge in [-0.25, -0.2) is 4.98 Å². The highest BCUT2D eigenvalue weighted by atomic mass is 16.5. The van der Waals surface area contributed by atoms with Crippen molar-refractivity contribution < 1.29 is 9.53 Å². The average Bonchev–Trinajstić information content (AvgIpc) is 2.99. The quantitative estimate of drug-likeness (QED) is 0.889. The topological polar surface area (TPSA) is 67.0 Å². The molecule has 1 unspecified atom stereocenters. The van der Waals surface area contributed by atoms with Crippen molar-refractivity contribution in [2.45, 2.75) is 31.7 Å². The number of carbonyl (C=O) groups excluding carboxylic acids is 1. The zero-order valence-corrected chi connectivity index (χ0v) is 11.9. The summed E-state index contributed by atoms with van der Waals surface area (Å²) in [5, 5.41) is 3.22. The lowest BCUT2D eigenvalue weighted by Gasteiger charge is -2.52. The van der Waals surface area contributed by atoms with Crippen LogP contribution in [0.3, 0.4) is 0 Å². The molecular formula is C16H19N3O2.